The van der Waals surface area contributed by atoms with E-state index in [1.54, 1.807) is 4.90 Å². The van der Waals surface area contributed by atoms with E-state index in [1.165, 1.54) is 24.3 Å². The van der Waals surface area contributed by atoms with Gasteiger partial charge < -0.3 is 15.0 Å². The third kappa shape index (κ3) is 5.38. The highest BCUT2D eigenvalue weighted by Gasteiger charge is 2.23. The van der Waals surface area contributed by atoms with E-state index >= 15 is 0 Å². The van der Waals surface area contributed by atoms with Crippen LogP contribution in [0.25, 0.3) is 10.8 Å². The van der Waals surface area contributed by atoms with Gasteiger partial charge in [0.05, 0.1) is 6.54 Å². The van der Waals surface area contributed by atoms with Crippen molar-refractivity contribution in [2.24, 2.45) is 0 Å². The molecular weight excluding hydrogens is 397 g/mol. The zero-order valence-corrected chi connectivity index (χ0v) is 17.1. The first-order chi connectivity index (χ1) is 15.1. The molecule has 0 unspecified atom stereocenters. The van der Waals surface area contributed by atoms with E-state index in [4.69, 9.17) is 4.74 Å². The third-order valence-electron chi connectivity index (χ3n) is 5.33. The van der Waals surface area contributed by atoms with Crippen LogP contribution in [-0.4, -0.2) is 60.9 Å². The number of halogens is 1. The summed E-state index contributed by atoms with van der Waals surface area (Å²) in [7, 11) is 0. The fourth-order valence-electron chi connectivity index (χ4n) is 3.65. The number of rotatable bonds is 6. The molecule has 1 N–H and O–H groups in total. The molecule has 6 nitrogen and oxygen atoms in total. The smallest absolute Gasteiger partial charge is 0.260 e. The van der Waals surface area contributed by atoms with Gasteiger partial charge in [-0.2, -0.15) is 0 Å². The minimum atomic E-state index is -0.348. The molecule has 160 valence electrons. The van der Waals surface area contributed by atoms with Crippen molar-refractivity contribution in [3.05, 3.63) is 72.5 Å². The number of carbonyl (C=O) groups excluding carboxylic acids is 2. The average molecular weight is 421 g/mol. The van der Waals surface area contributed by atoms with Crippen LogP contribution in [0.2, 0.25) is 0 Å². The van der Waals surface area contributed by atoms with E-state index in [9.17, 15) is 14.0 Å². The Morgan fingerprint density at radius 1 is 0.903 bits per heavy atom. The summed E-state index contributed by atoms with van der Waals surface area (Å²) in [6, 6.07) is 19.3. The lowest BCUT2D eigenvalue weighted by Crippen LogP contribution is -2.51. The highest BCUT2D eigenvalue weighted by molar-refractivity contribution is 6.02. The molecule has 0 saturated carbocycles. The molecule has 31 heavy (non-hydrogen) atoms. The molecule has 1 aliphatic rings. The van der Waals surface area contributed by atoms with E-state index in [-0.39, 0.29) is 30.8 Å². The van der Waals surface area contributed by atoms with Gasteiger partial charge in [-0.05, 0) is 35.7 Å². The summed E-state index contributed by atoms with van der Waals surface area (Å²) < 4.78 is 18.4. The second-order valence-electron chi connectivity index (χ2n) is 7.47. The van der Waals surface area contributed by atoms with Gasteiger partial charge >= 0.3 is 0 Å². The highest BCUT2D eigenvalue weighted by atomic mass is 19.1. The van der Waals surface area contributed by atoms with Gasteiger partial charge in [0.15, 0.2) is 6.61 Å². The summed E-state index contributed by atoms with van der Waals surface area (Å²) in [6.07, 6.45) is 0. The minimum absolute atomic E-state index is 0.0734. The maximum absolute atomic E-state index is 12.9. The van der Waals surface area contributed by atoms with Gasteiger partial charge in [0.1, 0.15) is 11.6 Å². The van der Waals surface area contributed by atoms with Crippen LogP contribution in [0.1, 0.15) is 0 Å². The summed E-state index contributed by atoms with van der Waals surface area (Å²) in [5, 5.41) is 5.09. The largest absolute Gasteiger partial charge is 0.484 e. The van der Waals surface area contributed by atoms with Gasteiger partial charge in [-0.25, -0.2) is 4.39 Å². The van der Waals surface area contributed by atoms with Crippen molar-refractivity contribution in [1.29, 1.82) is 0 Å². The zero-order valence-electron chi connectivity index (χ0n) is 17.1. The number of carbonyl (C=O) groups is 2. The second kappa shape index (κ2) is 9.57. The topological polar surface area (TPSA) is 61.9 Å². The molecule has 0 aromatic heterocycles. The first-order valence-electron chi connectivity index (χ1n) is 10.2. The number of hydrogen-bond acceptors (Lipinski definition) is 4. The number of piperazine rings is 1. The van der Waals surface area contributed by atoms with E-state index in [0.29, 0.717) is 31.9 Å². The molecule has 2 amide bonds. The lowest BCUT2D eigenvalue weighted by molar-refractivity contribution is -0.135. The van der Waals surface area contributed by atoms with Crippen molar-refractivity contribution < 1.29 is 18.7 Å². The van der Waals surface area contributed by atoms with Gasteiger partial charge in [-0.3, -0.25) is 14.5 Å². The first kappa shape index (κ1) is 20.8. The maximum atomic E-state index is 12.9. The summed E-state index contributed by atoms with van der Waals surface area (Å²) in [5.41, 5.74) is 0.801. The summed E-state index contributed by atoms with van der Waals surface area (Å²) in [5.74, 6) is -0.0854. The molecule has 0 bridgehead atoms. The van der Waals surface area contributed by atoms with Gasteiger partial charge in [0, 0.05) is 37.3 Å². The lowest BCUT2D eigenvalue weighted by atomic mass is 10.1. The minimum Gasteiger partial charge on any atom is -0.484 e. The van der Waals surface area contributed by atoms with Crippen molar-refractivity contribution in [3.8, 4) is 5.75 Å². The molecule has 1 heterocycles. The van der Waals surface area contributed by atoms with Crippen LogP contribution < -0.4 is 10.1 Å². The fraction of sp³-hybridized carbons (Fsp3) is 0.250. The van der Waals surface area contributed by atoms with Crippen molar-refractivity contribution >= 4 is 28.3 Å². The SMILES string of the molecule is O=C(CN1CCN(C(=O)COc2ccc(F)cc2)CC1)Nc1cccc2ccccc12. The van der Waals surface area contributed by atoms with Gasteiger partial charge in [0.2, 0.25) is 5.91 Å². The lowest BCUT2D eigenvalue weighted by Gasteiger charge is -2.34. The number of amides is 2. The summed E-state index contributed by atoms with van der Waals surface area (Å²) >= 11 is 0. The van der Waals surface area contributed by atoms with Crippen LogP contribution >= 0.6 is 0 Å². The van der Waals surface area contributed by atoms with E-state index in [0.717, 1.165) is 16.5 Å². The van der Waals surface area contributed by atoms with Crippen LogP contribution in [0.5, 0.6) is 5.75 Å². The molecular formula is C24H24FN3O3. The molecule has 7 heteroatoms. The fourth-order valence-corrected chi connectivity index (χ4v) is 3.65. The van der Waals surface area contributed by atoms with Crippen LogP contribution in [0, 0.1) is 5.82 Å². The van der Waals surface area contributed by atoms with E-state index in [1.807, 2.05) is 47.4 Å². The predicted molar refractivity (Wildman–Crippen MR) is 117 cm³/mol. The number of nitrogens with one attached hydrogen (secondary N) is 1. The quantitative estimate of drug-likeness (QED) is 0.664. The zero-order chi connectivity index (χ0) is 21.6. The van der Waals surface area contributed by atoms with Crippen molar-refractivity contribution in [3.63, 3.8) is 0 Å². The molecule has 0 spiro atoms. The predicted octanol–water partition coefficient (Wildman–Crippen LogP) is 3.14. The normalized spacial score (nSPS) is 14.4. The Labute approximate surface area is 180 Å². The number of hydrogen-bond donors (Lipinski definition) is 1. The first-order valence-corrected chi connectivity index (χ1v) is 10.2. The number of ether oxygens (including phenoxy) is 1. The Morgan fingerprint density at radius 2 is 1.61 bits per heavy atom. The Kier molecular flexibility index (Phi) is 6.43. The number of fused-ring (bicyclic) bond motifs is 1. The summed E-state index contributed by atoms with van der Waals surface area (Å²) in [6.45, 7) is 2.49. The molecule has 1 aliphatic heterocycles. The molecule has 0 radical (unpaired) electrons. The van der Waals surface area contributed by atoms with E-state index < -0.39 is 0 Å². The molecule has 1 fully saturated rings. The Balaban J connectivity index is 1.23. The van der Waals surface area contributed by atoms with E-state index in [2.05, 4.69) is 5.32 Å². The van der Waals surface area contributed by atoms with Gasteiger partial charge in [0.25, 0.3) is 5.91 Å². The van der Waals surface area contributed by atoms with Crippen molar-refractivity contribution in [2.45, 2.75) is 0 Å². The number of anilines is 1. The number of nitrogens with zero attached hydrogens (tertiary/aromatic N) is 2. The van der Waals surface area contributed by atoms with Crippen LogP contribution in [-0.2, 0) is 9.59 Å². The van der Waals surface area contributed by atoms with Crippen LogP contribution in [0.3, 0.4) is 0 Å². The molecule has 3 aromatic rings. The third-order valence-corrected chi connectivity index (χ3v) is 5.33. The monoisotopic (exact) mass is 421 g/mol. The Hall–Kier alpha value is -3.45. The summed E-state index contributed by atoms with van der Waals surface area (Å²) in [4.78, 5) is 28.7. The number of benzene rings is 3. The Bertz CT molecular complexity index is 1060. The highest BCUT2D eigenvalue weighted by Crippen LogP contribution is 2.23. The van der Waals surface area contributed by atoms with Gasteiger partial charge in [-0.15, -0.1) is 0 Å². The van der Waals surface area contributed by atoms with Crippen molar-refractivity contribution in [1.82, 2.24) is 9.80 Å². The van der Waals surface area contributed by atoms with Crippen LogP contribution in [0.4, 0.5) is 10.1 Å². The molecule has 3 aromatic carbocycles. The van der Waals surface area contributed by atoms with Crippen molar-refractivity contribution in [2.75, 3.05) is 44.6 Å². The van der Waals surface area contributed by atoms with Gasteiger partial charge in [-0.1, -0.05) is 36.4 Å². The molecule has 0 atom stereocenters. The molecule has 0 aliphatic carbocycles. The van der Waals surface area contributed by atoms with Crippen LogP contribution in [0.15, 0.2) is 66.7 Å². The Morgan fingerprint density at radius 3 is 2.39 bits per heavy atom. The maximum Gasteiger partial charge on any atom is 0.260 e. The molecule has 4 rings (SSSR count). The standard InChI is InChI=1S/C24H24FN3O3/c25-19-8-10-20(11-9-19)31-17-24(30)28-14-12-27(13-15-28)16-23(29)26-22-7-3-5-18-4-1-2-6-21(18)22/h1-11H,12-17H2,(H,26,29). The molecule has 1 saturated heterocycles. The average Bonchev–Trinajstić information content (AvgIpc) is 2.79. The second-order valence-corrected chi connectivity index (χ2v) is 7.47.